The molecule has 1 aromatic carbocycles. The van der Waals surface area contributed by atoms with Crippen LogP contribution in [0, 0.1) is 46.3 Å². The average Bonchev–Trinajstić information content (AvgIpc) is 3.04. The molecule has 0 N–H and O–H groups in total. The van der Waals surface area contributed by atoms with Crippen molar-refractivity contribution < 1.29 is 31.5 Å². The van der Waals surface area contributed by atoms with E-state index in [0.29, 0.717) is 0 Å². The predicted molar refractivity (Wildman–Crippen MR) is 67.0 cm³/mol. The summed E-state index contributed by atoms with van der Waals surface area (Å²) >= 11 is 0. The van der Waals surface area contributed by atoms with Crippen LogP contribution in [-0.4, -0.2) is 5.97 Å². The van der Waals surface area contributed by atoms with Crippen molar-refractivity contribution in [3.63, 3.8) is 0 Å². The number of halogens is 5. The second-order valence-corrected chi connectivity index (χ2v) is 5.72. The van der Waals surface area contributed by atoms with Gasteiger partial charge in [0.2, 0.25) is 5.82 Å². The van der Waals surface area contributed by atoms with Crippen LogP contribution in [0.5, 0.6) is 0 Å². The molecule has 1 aliphatic rings. The first kappa shape index (κ1) is 16.5. The minimum Gasteiger partial charge on any atom is -0.460 e. The van der Waals surface area contributed by atoms with E-state index in [-0.39, 0.29) is 5.92 Å². The first-order valence-corrected chi connectivity index (χ1v) is 6.44. The standard InChI is InChI=1S/C15H13F5O2/c1-4-7-8(15(7,2)3)14(21)22-5-6-9(16)11(18)13(20)12(19)10(6)17/h4,7-8H,1,5H2,2-3H3. The van der Waals surface area contributed by atoms with E-state index in [1.165, 1.54) is 0 Å². The van der Waals surface area contributed by atoms with Gasteiger partial charge in [0, 0.05) is 0 Å². The predicted octanol–water partition coefficient (Wildman–Crippen LogP) is 3.88. The molecule has 2 rings (SSSR count). The van der Waals surface area contributed by atoms with Crippen LogP contribution in [-0.2, 0) is 16.1 Å². The maximum absolute atomic E-state index is 13.4. The fraction of sp³-hybridized carbons (Fsp3) is 0.400. The van der Waals surface area contributed by atoms with E-state index in [1.54, 1.807) is 19.9 Å². The van der Waals surface area contributed by atoms with Gasteiger partial charge >= 0.3 is 5.97 Å². The Hall–Kier alpha value is -1.92. The van der Waals surface area contributed by atoms with E-state index in [2.05, 4.69) is 6.58 Å². The van der Waals surface area contributed by atoms with Gasteiger partial charge in [-0.3, -0.25) is 4.79 Å². The number of allylic oxidation sites excluding steroid dienone is 1. The lowest BCUT2D eigenvalue weighted by Crippen LogP contribution is -2.14. The Morgan fingerprint density at radius 1 is 1.09 bits per heavy atom. The molecule has 1 fully saturated rings. The maximum atomic E-state index is 13.4. The Kier molecular flexibility index (Phi) is 4.02. The van der Waals surface area contributed by atoms with Crippen LogP contribution in [0.4, 0.5) is 22.0 Å². The highest BCUT2D eigenvalue weighted by atomic mass is 19.2. The topological polar surface area (TPSA) is 26.3 Å². The summed E-state index contributed by atoms with van der Waals surface area (Å²) in [7, 11) is 0. The van der Waals surface area contributed by atoms with Crippen molar-refractivity contribution in [2.75, 3.05) is 0 Å². The van der Waals surface area contributed by atoms with Crippen molar-refractivity contribution in [2.24, 2.45) is 17.3 Å². The third kappa shape index (κ3) is 2.38. The molecule has 0 saturated heterocycles. The Bertz CT molecular complexity index is 625. The van der Waals surface area contributed by atoms with Gasteiger partial charge in [0.1, 0.15) is 6.61 Å². The molecule has 7 heteroatoms. The smallest absolute Gasteiger partial charge is 0.310 e. The fourth-order valence-electron chi connectivity index (χ4n) is 2.58. The number of ether oxygens (including phenoxy) is 1. The molecule has 0 bridgehead atoms. The molecule has 0 aromatic heterocycles. The Morgan fingerprint density at radius 2 is 1.55 bits per heavy atom. The van der Waals surface area contributed by atoms with Crippen LogP contribution < -0.4 is 0 Å². The highest BCUT2D eigenvalue weighted by Gasteiger charge is 2.61. The minimum atomic E-state index is -2.25. The van der Waals surface area contributed by atoms with Gasteiger partial charge in [0.15, 0.2) is 23.3 Å². The summed E-state index contributed by atoms with van der Waals surface area (Å²) in [6.45, 7) is 6.10. The van der Waals surface area contributed by atoms with Crippen LogP contribution in [0.3, 0.4) is 0 Å². The van der Waals surface area contributed by atoms with Crippen LogP contribution in [0.1, 0.15) is 19.4 Å². The summed E-state index contributed by atoms with van der Waals surface area (Å²) in [5.41, 5.74) is -1.58. The summed E-state index contributed by atoms with van der Waals surface area (Å²) in [6.07, 6.45) is 1.56. The van der Waals surface area contributed by atoms with Gasteiger partial charge < -0.3 is 4.74 Å². The lowest BCUT2D eigenvalue weighted by atomic mass is 10.1. The van der Waals surface area contributed by atoms with Crippen LogP contribution in [0.25, 0.3) is 0 Å². The van der Waals surface area contributed by atoms with Gasteiger partial charge in [0.25, 0.3) is 0 Å². The van der Waals surface area contributed by atoms with Crippen LogP contribution in [0.15, 0.2) is 12.7 Å². The quantitative estimate of drug-likeness (QED) is 0.277. The van der Waals surface area contributed by atoms with E-state index in [9.17, 15) is 26.7 Å². The van der Waals surface area contributed by atoms with E-state index in [0.717, 1.165) is 0 Å². The molecule has 120 valence electrons. The molecule has 2 atom stereocenters. The van der Waals surface area contributed by atoms with Crippen molar-refractivity contribution in [2.45, 2.75) is 20.5 Å². The van der Waals surface area contributed by atoms with Gasteiger partial charge in [-0.2, -0.15) is 0 Å². The fourth-order valence-corrected chi connectivity index (χ4v) is 2.58. The molecule has 1 aliphatic carbocycles. The van der Waals surface area contributed by atoms with Crippen molar-refractivity contribution in [1.82, 2.24) is 0 Å². The molecule has 1 saturated carbocycles. The zero-order valence-electron chi connectivity index (χ0n) is 11.9. The summed E-state index contributed by atoms with van der Waals surface area (Å²) in [5, 5.41) is 0. The zero-order valence-corrected chi connectivity index (χ0v) is 11.9. The number of benzene rings is 1. The molecular weight excluding hydrogens is 307 g/mol. The first-order valence-electron chi connectivity index (χ1n) is 6.44. The lowest BCUT2D eigenvalue weighted by Gasteiger charge is -2.09. The molecule has 0 amide bonds. The number of hydrogen-bond acceptors (Lipinski definition) is 2. The molecule has 0 heterocycles. The third-order valence-corrected chi connectivity index (χ3v) is 4.08. The van der Waals surface area contributed by atoms with Gasteiger partial charge in [-0.05, 0) is 11.3 Å². The van der Waals surface area contributed by atoms with E-state index >= 15 is 0 Å². The second-order valence-electron chi connectivity index (χ2n) is 5.72. The summed E-state index contributed by atoms with van der Waals surface area (Å²) < 4.78 is 70.5. The van der Waals surface area contributed by atoms with Gasteiger partial charge in [-0.25, -0.2) is 22.0 Å². The number of esters is 1. The largest absolute Gasteiger partial charge is 0.460 e. The number of carbonyl (C=O) groups is 1. The molecule has 0 radical (unpaired) electrons. The first-order chi connectivity index (χ1) is 10.1. The Morgan fingerprint density at radius 3 is 1.95 bits per heavy atom. The highest BCUT2D eigenvalue weighted by molar-refractivity contribution is 5.78. The zero-order chi connectivity index (χ0) is 16.8. The highest BCUT2D eigenvalue weighted by Crippen LogP contribution is 2.59. The molecule has 0 aliphatic heterocycles. The SMILES string of the molecule is C=CC1C(C(=O)OCc2c(F)c(F)c(F)c(F)c2F)C1(C)C. The molecule has 0 spiro atoms. The van der Waals surface area contributed by atoms with E-state index < -0.39 is 58.6 Å². The van der Waals surface area contributed by atoms with Gasteiger partial charge in [-0.1, -0.05) is 19.9 Å². The van der Waals surface area contributed by atoms with Crippen molar-refractivity contribution >= 4 is 5.97 Å². The summed E-state index contributed by atoms with van der Waals surface area (Å²) in [4.78, 5) is 11.8. The Balaban J connectivity index is 2.17. The molecule has 2 unspecified atom stereocenters. The van der Waals surface area contributed by atoms with Crippen molar-refractivity contribution in [3.05, 3.63) is 47.3 Å². The number of rotatable bonds is 4. The van der Waals surface area contributed by atoms with Crippen LogP contribution in [0.2, 0.25) is 0 Å². The van der Waals surface area contributed by atoms with Crippen LogP contribution >= 0.6 is 0 Å². The lowest BCUT2D eigenvalue weighted by molar-refractivity contribution is -0.147. The molecular formula is C15H13F5O2. The van der Waals surface area contributed by atoms with Crippen molar-refractivity contribution in [3.8, 4) is 0 Å². The molecule has 1 aromatic rings. The van der Waals surface area contributed by atoms with Gasteiger partial charge in [-0.15, -0.1) is 6.58 Å². The Labute approximate surface area is 123 Å². The normalized spacial score (nSPS) is 22.3. The molecule has 2 nitrogen and oxygen atoms in total. The van der Waals surface area contributed by atoms with E-state index in [1.807, 2.05) is 0 Å². The number of carbonyl (C=O) groups excluding carboxylic acids is 1. The molecule has 22 heavy (non-hydrogen) atoms. The van der Waals surface area contributed by atoms with Gasteiger partial charge in [0.05, 0.1) is 11.5 Å². The number of hydrogen-bond donors (Lipinski definition) is 0. The average molecular weight is 320 g/mol. The maximum Gasteiger partial charge on any atom is 0.310 e. The third-order valence-electron chi connectivity index (χ3n) is 4.08. The monoisotopic (exact) mass is 320 g/mol. The minimum absolute atomic E-state index is 0.156. The summed E-state index contributed by atoms with van der Waals surface area (Å²) in [6, 6.07) is 0. The van der Waals surface area contributed by atoms with E-state index in [4.69, 9.17) is 4.74 Å². The summed E-state index contributed by atoms with van der Waals surface area (Å²) in [5.74, 6) is -11.9. The second kappa shape index (κ2) is 5.37. The van der Waals surface area contributed by atoms with Crippen molar-refractivity contribution in [1.29, 1.82) is 0 Å².